The lowest BCUT2D eigenvalue weighted by Gasteiger charge is -2.44. The number of hydrogen-bond donors (Lipinski definition) is 2. The third kappa shape index (κ3) is 5.15. The Kier molecular flexibility index (Phi) is 7.05. The first-order valence-corrected chi connectivity index (χ1v) is 12.1. The van der Waals surface area contributed by atoms with E-state index in [1.807, 2.05) is 45.9 Å². The Morgan fingerprint density at radius 2 is 1.91 bits per heavy atom. The molecule has 1 spiro atoms. The predicted molar refractivity (Wildman–Crippen MR) is 132 cm³/mol. The number of piperidine rings is 1. The average Bonchev–Trinajstić information content (AvgIpc) is 2.76. The molecule has 182 valence electrons. The molecule has 2 aliphatic rings. The number of nitrogens with zero attached hydrogens (tertiary/aromatic N) is 1. The van der Waals surface area contributed by atoms with Crippen molar-refractivity contribution in [1.29, 1.82) is 0 Å². The number of hydrogen-bond acceptors (Lipinski definition) is 5. The summed E-state index contributed by atoms with van der Waals surface area (Å²) in [5.41, 5.74) is 2.38. The standard InChI is InChI=1S/C26H32ClN3O4/c1-16(2)33-22-15-21-19(14-20(22)27)24(31)29-26(34-21)8-11-30(12-9-26)13-10-28-25(32)23-17(3)6-5-7-18(23)4/h5-7,14-16H,8-13H2,1-4H3,(H,28,32)(H,29,31). The fraction of sp³-hybridized carbons (Fsp3) is 0.462. The van der Waals surface area contributed by atoms with Gasteiger partial charge in [0.05, 0.1) is 16.7 Å². The summed E-state index contributed by atoms with van der Waals surface area (Å²) >= 11 is 6.30. The molecule has 2 aliphatic heterocycles. The molecule has 0 unspecified atom stereocenters. The summed E-state index contributed by atoms with van der Waals surface area (Å²) in [6, 6.07) is 9.18. The van der Waals surface area contributed by atoms with Crippen molar-refractivity contribution in [3.8, 4) is 11.5 Å². The van der Waals surface area contributed by atoms with Crippen LogP contribution in [0.4, 0.5) is 0 Å². The lowest BCUT2D eigenvalue weighted by atomic mass is 9.97. The number of benzene rings is 2. The molecule has 2 N–H and O–H groups in total. The van der Waals surface area contributed by atoms with E-state index < -0.39 is 5.72 Å². The minimum atomic E-state index is -0.745. The molecule has 0 aromatic heterocycles. The summed E-state index contributed by atoms with van der Waals surface area (Å²) in [6.45, 7) is 10.5. The Morgan fingerprint density at radius 1 is 1.24 bits per heavy atom. The minimum Gasteiger partial charge on any atom is -0.489 e. The molecule has 0 bridgehead atoms. The Bertz CT molecular complexity index is 1070. The number of aryl methyl sites for hydroxylation is 2. The average molecular weight is 486 g/mol. The van der Waals surface area contributed by atoms with Crippen molar-refractivity contribution < 1.29 is 19.1 Å². The zero-order valence-electron chi connectivity index (χ0n) is 20.2. The Balaban J connectivity index is 1.34. The van der Waals surface area contributed by atoms with Crippen molar-refractivity contribution in [2.75, 3.05) is 26.2 Å². The zero-order valence-corrected chi connectivity index (χ0v) is 20.9. The number of halogens is 1. The number of carbonyl (C=O) groups excluding carboxylic acids is 2. The molecule has 2 amide bonds. The van der Waals surface area contributed by atoms with Crippen molar-refractivity contribution in [2.24, 2.45) is 0 Å². The number of nitrogens with one attached hydrogen (secondary N) is 2. The maximum atomic E-state index is 12.8. The van der Waals surface area contributed by atoms with Crippen LogP contribution in [0.15, 0.2) is 30.3 Å². The molecule has 34 heavy (non-hydrogen) atoms. The molecule has 0 aliphatic carbocycles. The molecule has 1 saturated heterocycles. The molecule has 2 heterocycles. The summed E-state index contributed by atoms with van der Waals surface area (Å²) in [5.74, 6) is 0.783. The highest BCUT2D eigenvalue weighted by molar-refractivity contribution is 6.32. The molecular weight excluding hydrogens is 454 g/mol. The zero-order chi connectivity index (χ0) is 24.5. The SMILES string of the molecule is Cc1cccc(C)c1C(=O)NCCN1CCC2(CC1)NC(=O)c1cc(Cl)c(OC(C)C)cc1O2. The largest absolute Gasteiger partial charge is 0.489 e. The van der Waals surface area contributed by atoms with Gasteiger partial charge in [0.2, 0.25) is 0 Å². The van der Waals surface area contributed by atoms with Crippen LogP contribution in [0, 0.1) is 13.8 Å². The van der Waals surface area contributed by atoms with Gasteiger partial charge in [0.1, 0.15) is 11.5 Å². The van der Waals surface area contributed by atoms with Gasteiger partial charge in [-0.1, -0.05) is 29.8 Å². The van der Waals surface area contributed by atoms with Gasteiger partial charge in [-0.3, -0.25) is 9.59 Å². The molecule has 0 radical (unpaired) electrons. The van der Waals surface area contributed by atoms with Crippen LogP contribution in [0.2, 0.25) is 5.02 Å². The third-order valence-corrected chi connectivity index (χ3v) is 6.67. The maximum absolute atomic E-state index is 12.8. The monoisotopic (exact) mass is 485 g/mol. The molecule has 4 rings (SSSR count). The summed E-state index contributed by atoms with van der Waals surface area (Å²) in [4.78, 5) is 27.7. The van der Waals surface area contributed by atoms with E-state index in [1.165, 1.54) is 0 Å². The van der Waals surface area contributed by atoms with Gasteiger partial charge in [-0.2, -0.15) is 0 Å². The van der Waals surface area contributed by atoms with Gasteiger partial charge < -0.3 is 25.0 Å². The molecule has 2 aromatic carbocycles. The topological polar surface area (TPSA) is 79.9 Å². The minimum absolute atomic E-state index is 0.0401. The second kappa shape index (κ2) is 9.84. The van der Waals surface area contributed by atoms with E-state index in [0.29, 0.717) is 41.5 Å². The van der Waals surface area contributed by atoms with E-state index in [-0.39, 0.29) is 17.9 Å². The van der Waals surface area contributed by atoms with Crippen LogP contribution in [0.25, 0.3) is 0 Å². The molecule has 2 aromatic rings. The highest BCUT2D eigenvalue weighted by Gasteiger charge is 2.42. The molecule has 0 saturated carbocycles. The van der Waals surface area contributed by atoms with Crippen molar-refractivity contribution in [1.82, 2.24) is 15.5 Å². The summed E-state index contributed by atoms with van der Waals surface area (Å²) < 4.78 is 12.1. The van der Waals surface area contributed by atoms with Crippen LogP contribution in [0.5, 0.6) is 11.5 Å². The Hall–Kier alpha value is -2.77. The fourth-order valence-corrected chi connectivity index (χ4v) is 4.81. The molecule has 1 fully saturated rings. The normalized spacial score (nSPS) is 17.2. The van der Waals surface area contributed by atoms with Crippen LogP contribution in [0.1, 0.15) is 58.5 Å². The van der Waals surface area contributed by atoms with E-state index in [4.69, 9.17) is 21.1 Å². The number of rotatable bonds is 6. The number of fused-ring (bicyclic) bond motifs is 1. The van der Waals surface area contributed by atoms with E-state index in [1.54, 1.807) is 12.1 Å². The van der Waals surface area contributed by atoms with Gasteiger partial charge in [-0.25, -0.2) is 0 Å². The molecule has 8 heteroatoms. The second-order valence-electron chi connectivity index (χ2n) is 9.36. The van der Waals surface area contributed by atoms with E-state index >= 15 is 0 Å². The second-order valence-corrected chi connectivity index (χ2v) is 9.77. The highest BCUT2D eigenvalue weighted by atomic mass is 35.5. The first-order chi connectivity index (χ1) is 16.2. The van der Waals surface area contributed by atoms with Crippen LogP contribution < -0.4 is 20.1 Å². The smallest absolute Gasteiger partial charge is 0.258 e. The van der Waals surface area contributed by atoms with Gasteiger partial charge in [0, 0.05) is 50.7 Å². The first kappa shape index (κ1) is 24.4. The lowest BCUT2D eigenvalue weighted by Crippen LogP contribution is -2.61. The van der Waals surface area contributed by atoms with Gasteiger partial charge >= 0.3 is 0 Å². The first-order valence-electron chi connectivity index (χ1n) is 11.8. The molecule has 0 atom stereocenters. The van der Waals surface area contributed by atoms with Crippen molar-refractivity contribution in [3.63, 3.8) is 0 Å². The van der Waals surface area contributed by atoms with E-state index in [9.17, 15) is 9.59 Å². The highest BCUT2D eigenvalue weighted by Crippen LogP contribution is 2.39. The maximum Gasteiger partial charge on any atom is 0.258 e. The van der Waals surface area contributed by atoms with E-state index in [2.05, 4.69) is 15.5 Å². The lowest BCUT2D eigenvalue weighted by molar-refractivity contribution is -0.0287. The summed E-state index contributed by atoms with van der Waals surface area (Å²) in [7, 11) is 0. The van der Waals surface area contributed by atoms with Crippen LogP contribution >= 0.6 is 11.6 Å². The van der Waals surface area contributed by atoms with Crippen LogP contribution in [-0.4, -0.2) is 54.7 Å². The van der Waals surface area contributed by atoms with Gasteiger partial charge in [0.15, 0.2) is 5.72 Å². The number of amides is 2. The quantitative estimate of drug-likeness (QED) is 0.644. The van der Waals surface area contributed by atoms with Gasteiger partial charge in [-0.15, -0.1) is 0 Å². The van der Waals surface area contributed by atoms with Crippen molar-refractivity contribution in [2.45, 2.75) is 52.4 Å². The summed E-state index contributed by atoms with van der Waals surface area (Å²) in [5, 5.41) is 6.47. The Labute approximate surface area is 205 Å². The van der Waals surface area contributed by atoms with Crippen molar-refractivity contribution >= 4 is 23.4 Å². The van der Waals surface area contributed by atoms with E-state index in [0.717, 1.165) is 36.3 Å². The number of likely N-dealkylation sites (tertiary alicyclic amines) is 1. The third-order valence-electron chi connectivity index (χ3n) is 6.37. The molecule has 7 nitrogen and oxygen atoms in total. The van der Waals surface area contributed by atoms with Crippen LogP contribution in [0.3, 0.4) is 0 Å². The Morgan fingerprint density at radius 3 is 2.56 bits per heavy atom. The predicted octanol–water partition coefficient (Wildman–Crippen LogP) is 4.09. The number of carbonyl (C=O) groups is 2. The van der Waals surface area contributed by atoms with Crippen LogP contribution in [-0.2, 0) is 0 Å². The van der Waals surface area contributed by atoms with Crippen molar-refractivity contribution in [3.05, 3.63) is 57.6 Å². The van der Waals surface area contributed by atoms with Gasteiger partial charge in [0.25, 0.3) is 11.8 Å². The van der Waals surface area contributed by atoms with Gasteiger partial charge in [-0.05, 0) is 44.9 Å². The summed E-state index contributed by atoms with van der Waals surface area (Å²) in [6.07, 6.45) is 1.25. The number of ether oxygens (including phenoxy) is 2. The fourth-order valence-electron chi connectivity index (χ4n) is 4.60. The molecular formula is C26H32ClN3O4.